The number of aryl methyl sites for hydroxylation is 1. The van der Waals surface area contributed by atoms with Gasteiger partial charge in [-0.3, -0.25) is 9.59 Å². The lowest BCUT2D eigenvalue weighted by atomic mass is 10.2. The molecule has 2 rings (SSSR count). The molecule has 0 saturated carbocycles. The Hall–Kier alpha value is -2.63. The van der Waals surface area contributed by atoms with Crippen LogP contribution >= 0.6 is 0 Å². The highest BCUT2D eigenvalue weighted by Gasteiger charge is 2.13. The Morgan fingerprint density at radius 3 is 2.70 bits per heavy atom. The maximum Gasteiger partial charge on any atom is 0.276 e. The molecule has 0 fully saturated rings. The van der Waals surface area contributed by atoms with E-state index in [1.807, 2.05) is 32.9 Å². The van der Waals surface area contributed by atoms with Crippen LogP contribution in [0.2, 0.25) is 0 Å². The number of amides is 1. The molecule has 0 atom stereocenters. The van der Waals surface area contributed by atoms with Crippen molar-refractivity contribution in [2.75, 3.05) is 12.4 Å². The lowest BCUT2D eigenvalue weighted by molar-refractivity contribution is 0.101. The number of anilines is 1. The molecule has 0 aliphatic rings. The Balaban J connectivity index is 2.28. The molecule has 6 heteroatoms. The molecular formula is C17H21N3O3. The lowest BCUT2D eigenvalue weighted by Crippen LogP contribution is -2.27. The van der Waals surface area contributed by atoms with Gasteiger partial charge < -0.3 is 10.1 Å². The van der Waals surface area contributed by atoms with Gasteiger partial charge in [-0.05, 0) is 36.6 Å². The summed E-state index contributed by atoms with van der Waals surface area (Å²) in [6.07, 6.45) is 0. The van der Waals surface area contributed by atoms with Crippen LogP contribution in [0.15, 0.2) is 35.1 Å². The first-order chi connectivity index (χ1) is 10.9. The van der Waals surface area contributed by atoms with Crippen LogP contribution in [0.1, 0.15) is 29.9 Å². The Labute approximate surface area is 135 Å². The van der Waals surface area contributed by atoms with E-state index in [1.165, 1.54) is 16.8 Å². The zero-order valence-electron chi connectivity index (χ0n) is 13.8. The molecule has 0 bridgehead atoms. The van der Waals surface area contributed by atoms with Crippen LogP contribution in [-0.2, 0) is 6.54 Å². The maximum atomic E-state index is 12.4. The number of hydrogen-bond acceptors (Lipinski definition) is 4. The van der Waals surface area contributed by atoms with E-state index in [0.717, 1.165) is 5.56 Å². The third kappa shape index (κ3) is 4.18. The summed E-state index contributed by atoms with van der Waals surface area (Å²) < 4.78 is 6.55. The van der Waals surface area contributed by atoms with Crippen LogP contribution < -0.4 is 15.6 Å². The molecule has 0 spiro atoms. The minimum absolute atomic E-state index is 0.189. The lowest BCUT2D eigenvalue weighted by Gasteiger charge is -2.12. The van der Waals surface area contributed by atoms with Crippen LogP contribution in [0.3, 0.4) is 0 Å². The topological polar surface area (TPSA) is 73.2 Å². The summed E-state index contributed by atoms with van der Waals surface area (Å²) in [6, 6.07) is 8.29. The van der Waals surface area contributed by atoms with Crippen molar-refractivity contribution in [3.8, 4) is 5.75 Å². The molecule has 0 aliphatic heterocycles. The van der Waals surface area contributed by atoms with Crippen LogP contribution in [-0.4, -0.2) is 22.8 Å². The molecule has 0 aliphatic carbocycles. The molecule has 1 heterocycles. The average molecular weight is 315 g/mol. The van der Waals surface area contributed by atoms with E-state index in [1.54, 1.807) is 13.2 Å². The van der Waals surface area contributed by atoms with Crippen LogP contribution in [0, 0.1) is 12.8 Å². The fourth-order valence-corrected chi connectivity index (χ4v) is 2.15. The molecule has 1 aromatic carbocycles. The SMILES string of the molecule is COc1ccc(C)cc1NC(=O)c1ccc(=O)n(CC(C)C)n1. The van der Waals surface area contributed by atoms with Gasteiger partial charge in [0.25, 0.3) is 11.5 Å². The van der Waals surface area contributed by atoms with Gasteiger partial charge in [0.2, 0.25) is 0 Å². The van der Waals surface area contributed by atoms with E-state index >= 15 is 0 Å². The smallest absolute Gasteiger partial charge is 0.276 e. The van der Waals surface area contributed by atoms with E-state index in [0.29, 0.717) is 18.0 Å². The Morgan fingerprint density at radius 2 is 2.04 bits per heavy atom. The van der Waals surface area contributed by atoms with Gasteiger partial charge in [0, 0.05) is 12.6 Å². The maximum absolute atomic E-state index is 12.4. The van der Waals surface area contributed by atoms with Crippen molar-refractivity contribution in [3.05, 3.63) is 51.9 Å². The molecule has 1 aromatic heterocycles. The van der Waals surface area contributed by atoms with Crippen molar-refractivity contribution < 1.29 is 9.53 Å². The van der Waals surface area contributed by atoms with Crippen molar-refractivity contribution in [2.24, 2.45) is 5.92 Å². The fourth-order valence-electron chi connectivity index (χ4n) is 2.15. The number of methoxy groups -OCH3 is 1. The molecule has 23 heavy (non-hydrogen) atoms. The van der Waals surface area contributed by atoms with Gasteiger partial charge in [0.15, 0.2) is 0 Å². The summed E-state index contributed by atoms with van der Waals surface area (Å²) in [5.41, 5.74) is 1.54. The number of benzene rings is 1. The summed E-state index contributed by atoms with van der Waals surface area (Å²) in [4.78, 5) is 24.2. The number of nitrogens with one attached hydrogen (secondary N) is 1. The first-order valence-electron chi connectivity index (χ1n) is 7.45. The molecule has 122 valence electrons. The van der Waals surface area contributed by atoms with Gasteiger partial charge in [0.05, 0.1) is 12.8 Å². The fraction of sp³-hybridized carbons (Fsp3) is 0.353. The third-order valence-electron chi connectivity index (χ3n) is 3.24. The van der Waals surface area contributed by atoms with E-state index in [-0.39, 0.29) is 23.1 Å². The summed E-state index contributed by atoms with van der Waals surface area (Å²) in [5, 5.41) is 6.91. The van der Waals surface area contributed by atoms with E-state index < -0.39 is 0 Å². The minimum atomic E-state index is -0.383. The number of aromatic nitrogens is 2. The van der Waals surface area contributed by atoms with Crippen molar-refractivity contribution in [3.63, 3.8) is 0 Å². The molecule has 2 aromatic rings. The average Bonchev–Trinajstić information content (AvgIpc) is 2.49. The van der Waals surface area contributed by atoms with Gasteiger partial charge in [-0.1, -0.05) is 19.9 Å². The minimum Gasteiger partial charge on any atom is -0.495 e. The summed E-state index contributed by atoms with van der Waals surface area (Å²) >= 11 is 0. The predicted molar refractivity (Wildman–Crippen MR) is 89.0 cm³/mol. The number of carbonyl (C=O) groups is 1. The number of rotatable bonds is 5. The van der Waals surface area contributed by atoms with Gasteiger partial charge in [0.1, 0.15) is 11.4 Å². The van der Waals surface area contributed by atoms with Crippen LogP contribution in [0.4, 0.5) is 5.69 Å². The molecule has 1 amide bonds. The molecule has 0 radical (unpaired) electrons. The Kier molecular flexibility index (Phi) is 5.16. The zero-order chi connectivity index (χ0) is 17.0. The molecule has 0 saturated heterocycles. The van der Waals surface area contributed by atoms with E-state index in [4.69, 9.17) is 4.74 Å². The first-order valence-corrected chi connectivity index (χ1v) is 7.45. The Bertz CT molecular complexity index is 766. The monoisotopic (exact) mass is 315 g/mol. The molecule has 1 N–H and O–H groups in total. The van der Waals surface area contributed by atoms with Crippen molar-refractivity contribution in [1.82, 2.24) is 9.78 Å². The third-order valence-corrected chi connectivity index (χ3v) is 3.24. The van der Waals surface area contributed by atoms with Crippen LogP contribution in [0.5, 0.6) is 5.75 Å². The standard InChI is InChI=1S/C17H21N3O3/c1-11(2)10-20-16(21)8-6-13(19-20)17(22)18-14-9-12(3)5-7-15(14)23-4/h5-9,11H,10H2,1-4H3,(H,18,22). The normalized spacial score (nSPS) is 10.7. The van der Waals surface area contributed by atoms with Crippen LogP contribution in [0.25, 0.3) is 0 Å². The number of hydrogen-bond donors (Lipinski definition) is 1. The highest BCUT2D eigenvalue weighted by molar-refractivity contribution is 6.03. The van der Waals surface area contributed by atoms with Gasteiger partial charge in [-0.15, -0.1) is 0 Å². The van der Waals surface area contributed by atoms with Gasteiger partial charge in [-0.25, -0.2) is 4.68 Å². The highest BCUT2D eigenvalue weighted by atomic mass is 16.5. The number of carbonyl (C=O) groups excluding carboxylic acids is 1. The second-order valence-electron chi connectivity index (χ2n) is 5.79. The number of nitrogens with zero attached hydrogens (tertiary/aromatic N) is 2. The van der Waals surface area contributed by atoms with Gasteiger partial charge >= 0.3 is 0 Å². The van der Waals surface area contributed by atoms with E-state index in [9.17, 15) is 9.59 Å². The molecule has 6 nitrogen and oxygen atoms in total. The summed E-state index contributed by atoms with van der Waals surface area (Å²) in [5.74, 6) is 0.446. The van der Waals surface area contributed by atoms with Crippen molar-refractivity contribution in [2.45, 2.75) is 27.3 Å². The molecular weight excluding hydrogens is 294 g/mol. The summed E-state index contributed by atoms with van der Waals surface area (Å²) in [7, 11) is 1.54. The van der Waals surface area contributed by atoms with E-state index in [2.05, 4.69) is 10.4 Å². The van der Waals surface area contributed by atoms with Gasteiger partial charge in [-0.2, -0.15) is 5.10 Å². The zero-order valence-corrected chi connectivity index (χ0v) is 13.8. The summed E-state index contributed by atoms with van der Waals surface area (Å²) in [6.45, 7) is 6.36. The second kappa shape index (κ2) is 7.09. The largest absolute Gasteiger partial charge is 0.495 e. The van der Waals surface area contributed by atoms with Crippen molar-refractivity contribution >= 4 is 11.6 Å². The van der Waals surface area contributed by atoms with Crippen molar-refractivity contribution in [1.29, 1.82) is 0 Å². The first kappa shape index (κ1) is 16.7. The highest BCUT2D eigenvalue weighted by Crippen LogP contribution is 2.25. The predicted octanol–water partition coefficient (Wildman–Crippen LogP) is 2.47. The number of ether oxygens (including phenoxy) is 1. The molecule has 0 unspecified atom stereocenters. The second-order valence-corrected chi connectivity index (χ2v) is 5.79. The Morgan fingerprint density at radius 1 is 1.30 bits per heavy atom. The quantitative estimate of drug-likeness (QED) is 0.920.